The van der Waals surface area contributed by atoms with Gasteiger partial charge in [-0.15, -0.1) is 0 Å². The van der Waals surface area contributed by atoms with Gasteiger partial charge in [-0.1, -0.05) is 11.6 Å². The Kier molecular flexibility index (Phi) is 4.15. The van der Waals surface area contributed by atoms with Crippen LogP contribution in [0.25, 0.3) is 11.1 Å². The number of carboxylic acids is 1. The van der Waals surface area contributed by atoms with E-state index in [1.807, 2.05) is 0 Å². The fourth-order valence-corrected chi connectivity index (χ4v) is 2.11. The Morgan fingerprint density at radius 1 is 1.05 bits per heavy atom. The summed E-state index contributed by atoms with van der Waals surface area (Å²) in [5.74, 6) is -0.0276. The van der Waals surface area contributed by atoms with Crippen molar-refractivity contribution in [2.75, 3.05) is 14.2 Å². The molecule has 0 aliphatic carbocycles. The molecule has 2 rings (SSSR count). The first-order valence-electron chi connectivity index (χ1n) is 5.82. The van der Waals surface area contributed by atoms with Gasteiger partial charge in [0.15, 0.2) is 0 Å². The summed E-state index contributed by atoms with van der Waals surface area (Å²) in [6.07, 6.45) is 0. The zero-order valence-corrected chi connectivity index (χ0v) is 11.8. The molecule has 0 aromatic heterocycles. The van der Waals surface area contributed by atoms with Crippen LogP contribution in [0.4, 0.5) is 0 Å². The lowest BCUT2D eigenvalue weighted by atomic mass is 9.98. The highest BCUT2D eigenvalue weighted by atomic mass is 35.5. The average molecular weight is 293 g/mol. The van der Waals surface area contributed by atoms with Crippen molar-refractivity contribution in [2.45, 2.75) is 0 Å². The number of hydrogen-bond acceptors (Lipinski definition) is 3. The summed E-state index contributed by atoms with van der Waals surface area (Å²) >= 11 is 5.92. The molecule has 0 heterocycles. The maximum absolute atomic E-state index is 11.4. The highest BCUT2D eigenvalue weighted by Crippen LogP contribution is 2.35. The fraction of sp³-hybridized carbons (Fsp3) is 0.133. The first kappa shape index (κ1) is 14.2. The van der Waals surface area contributed by atoms with Crippen LogP contribution in [-0.2, 0) is 0 Å². The van der Waals surface area contributed by atoms with Gasteiger partial charge in [0.2, 0.25) is 0 Å². The predicted octanol–water partition coefficient (Wildman–Crippen LogP) is 3.72. The number of halogens is 1. The molecule has 0 radical (unpaired) electrons. The summed E-state index contributed by atoms with van der Waals surface area (Å²) in [5.41, 5.74) is 1.36. The van der Waals surface area contributed by atoms with Gasteiger partial charge in [-0.25, -0.2) is 4.79 Å². The lowest BCUT2D eigenvalue weighted by Crippen LogP contribution is -2.01. The van der Waals surface area contributed by atoms with E-state index in [4.69, 9.17) is 21.1 Å². The van der Waals surface area contributed by atoms with Crippen molar-refractivity contribution in [2.24, 2.45) is 0 Å². The molecule has 20 heavy (non-hydrogen) atoms. The minimum atomic E-state index is -1.03. The summed E-state index contributed by atoms with van der Waals surface area (Å²) in [7, 11) is 3.00. The number of ether oxygens (including phenoxy) is 2. The van der Waals surface area contributed by atoms with Gasteiger partial charge in [0.1, 0.15) is 11.5 Å². The lowest BCUT2D eigenvalue weighted by molar-refractivity contribution is 0.0697. The molecule has 1 N–H and O–H groups in total. The predicted molar refractivity (Wildman–Crippen MR) is 77.0 cm³/mol. The van der Waals surface area contributed by atoms with Gasteiger partial charge in [-0.2, -0.15) is 0 Å². The van der Waals surface area contributed by atoms with E-state index in [1.165, 1.54) is 20.3 Å². The highest BCUT2D eigenvalue weighted by Gasteiger charge is 2.16. The van der Waals surface area contributed by atoms with E-state index in [1.54, 1.807) is 30.3 Å². The number of rotatable bonds is 4. The summed E-state index contributed by atoms with van der Waals surface area (Å²) < 4.78 is 10.3. The number of carbonyl (C=O) groups is 1. The van der Waals surface area contributed by atoms with E-state index in [0.29, 0.717) is 27.6 Å². The van der Waals surface area contributed by atoms with E-state index >= 15 is 0 Å². The minimum Gasteiger partial charge on any atom is -0.497 e. The Morgan fingerprint density at radius 2 is 1.75 bits per heavy atom. The quantitative estimate of drug-likeness (QED) is 0.933. The molecule has 2 aromatic carbocycles. The van der Waals surface area contributed by atoms with E-state index in [2.05, 4.69) is 0 Å². The molecule has 0 aliphatic rings. The zero-order chi connectivity index (χ0) is 14.7. The monoisotopic (exact) mass is 292 g/mol. The second kappa shape index (κ2) is 5.84. The average Bonchev–Trinajstić information content (AvgIpc) is 2.46. The topological polar surface area (TPSA) is 55.8 Å². The maximum atomic E-state index is 11.4. The van der Waals surface area contributed by atoms with Crippen LogP contribution in [0.5, 0.6) is 11.5 Å². The van der Waals surface area contributed by atoms with Gasteiger partial charge in [0.25, 0.3) is 0 Å². The number of methoxy groups -OCH3 is 2. The normalized spacial score (nSPS) is 10.2. The number of benzene rings is 2. The first-order chi connectivity index (χ1) is 9.56. The van der Waals surface area contributed by atoms with Crippen molar-refractivity contribution >= 4 is 17.6 Å². The molecule has 0 atom stereocenters. The number of hydrogen-bond donors (Lipinski definition) is 1. The van der Waals surface area contributed by atoms with Gasteiger partial charge >= 0.3 is 5.97 Å². The van der Waals surface area contributed by atoms with Gasteiger partial charge in [0.05, 0.1) is 19.8 Å². The van der Waals surface area contributed by atoms with Crippen molar-refractivity contribution in [3.8, 4) is 22.6 Å². The Morgan fingerprint density at radius 3 is 2.35 bits per heavy atom. The van der Waals surface area contributed by atoms with Crippen molar-refractivity contribution in [3.63, 3.8) is 0 Å². The smallest absolute Gasteiger partial charge is 0.336 e. The molecule has 0 spiro atoms. The van der Waals surface area contributed by atoms with E-state index in [0.717, 1.165) is 0 Å². The van der Waals surface area contributed by atoms with Gasteiger partial charge < -0.3 is 14.6 Å². The summed E-state index contributed by atoms with van der Waals surface area (Å²) in [5, 5.41) is 9.87. The number of carboxylic acid groups (broad SMARTS) is 1. The molecule has 0 saturated heterocycles. The van der Waals surface area contributed by atoms with E-state index < -0.39 is 5.97 Å². The van der Waals surface area contributed by atoms with Crippen LogP contribution < -0.4 is 9.47 Å². The Balaban J connectivity index is 2.66. The van der Waals surface area contributed by atoms with Crippen LogP contribution in [0.3, 0.4) is 0 Å². The summed E-state index contributed by atoms with van der Waals surface area (Å²) in [6, 6.07) is 9.94. The molecule has 0 saturated carbocycles. The van der Waals surface area contributed by atoms with Crippen LogP contribution in [0.2, 0.25) is 5.02 Å². The molecule has 2 aromatic rings. The largest absolute Gasteiger partial charge is 0.497 e. The Bertz CT molecular complexity index is 652. The van der Waals surface area contributed by atoms with Gasteiger partial charge in [-0.3, -0.25) is 0 Å². The molecule has 0 fully saturated rings. The second-order valence-corrected chi connectivity index (χ2v) is 4.50. The zero-order valence-electron chi connectivity index (χ0n) is 11.0. The highest BCUT2D eigenvalue weighted by molar-refractivity contribution is 6.30. The minimum absolute atomic E-state index is 0.143. The first-order valence-corrected chi connectivity index (χ1v) is 6.20. The fourth-order valence-electron chi connectivity index (χ4n) is 1.95. The van der Waals surface area contributed by atoms with Crippen molar-refractivity contribution in [1.82, 2.24) is 0 Å². The van der Waals surface area contributed by atoms with E-state index in [-0.39, 0.29) is 5.56 Å². The lowest BCUT2D eigenvalue weighted by Gasteiger charge is -2.12. The molecule has 0 unspecified atom stereocenters. The third-order valence-electron chi connectivity index (χ3n) is 2.91. The number of aromatic carboxylic acids is 1. The van der Waals surface area contributed by atoms with Crippen LogP contribution in [-0.4, -0.2) is 25.3 Å². The van der Waals surface area contributed by atoms with Crippen molar-refractivity contribution in [1.29, 1.82) is 0 Å². The van der Waals surface area contributed by atoms with Gasteiger partial charge in [-0.05, 0) is 36.4 Å². The van der Waals surface area contributed by atoms with Crippen LogP contribution >= 0.6 is 11.6 Å². The molecule has 4 nitrogen and oxygen atoms in total. The molecule has 104 valence electrons. The molecule has 0 bridgehead atoms. The van der Waals surface area contributed by atoms with Crippen LogP contribution in [0.1, 0.15) is 10.4 Å². The van der Waals surface area contributed by atoms with Crippen molar-refractivity contribution < 1.29 is 19.4 Å². The maximum Gasteiger partial charge on any atom is 0.336 e. The molecular weight excluding hydrogens is 280 g/mol. The van der Waals surface area contributed by atoms with Crippen molar-refractivity contribution in [3.05, 3.63) is 47.0 Å². The molecule has 0 amide bonds. The molecule has 0 aliphatic heterocycles. The van der Waals surface area contributed by atoms with Crippen LogP contribution in [0.15, 0.2) is 36.4 Å². The van der Waals surface area contributed by atoms with Crippen LogP contribution in [0, 0.1) is 0 Å². The summed E-state index contributed by atoms with van der Waals surface area (Å²) in [4.78, 5) is 11.4. The third kappa shape index (κ3) is 2.70. The summed E-state index contributed by atoms with van der Waals surface area (Å²) in [6.45, 7) is 0. The standard InChI is InChI=1S/C15H13ClO4/c1-19-10-4-6-11(13(8-10)15(17)18)12-5-3-9(16)7-14(12)20-2/h3-8H,1-2H3,(H,17,18). The Labute approximate surface area is 121 Å². The molecule has 5 heteroatoms. The third-order valence-corrected chi connectivity index (χ3v) is 3.15. The SMILES string of the molecule is COc1ccc(-c2ccc(Cl)cc2OC)c(C(=O)O)c1. The Hall–Kier alpha value is -2.20. The van der Waals surface area contributed by atoms with E-state index in [9.17, 15) is 9.90 Å². The molecular formula is C15H13ClO4. The van der Waals surface area contributed by atoms with Gasteiger partial charge in [0, 0.05) is 16.1 Å². The second-order valence-electron chi connectivity index (χ2n) is 4.06.